The summed E-state index contributed by atoms with van der Waals surface area (Å²) in [6.45, 7) is 10.4. The van der Waals surface area contributed by atoms with Crippen molar-refractivity contribution >= 4 is 11.7 Å². The van der Waals surface area contributed by atoms with E-state index in [1.165, 1.54) is 0 Å². The van der Waals surface area contributed by atoms with E-state index in [1.807, 2.05) is 45.9 Å². The molecule has 1 unspecified atom stereocenters. The molecule has 144 valence electrons. The van der Waals surface area contributed by atoms with Gasteiger partial charge in [0.2, 0.25) is 5.91 Å². The van der Waals surface area contributed by atoms with E-state index in [0.717, 1.165) is 43.0 Å². The molecule has 1 aliphatic heterocycles. The number of anilines is 1. The molecule has 27 heavy (non-hydrogen) atoms. The Balaban J connectivity index is 1.71. The molecule has 3 heterocycles. The Kier molecular flexibility index (Phi) is 5.73. The summed E-state index contributed by atoms with van der Waals surface area (Å²) in [6, 6.07) is 5.91. The first-order valence-electron chi connectivity index (χ1n) is 9.62. The van der Waals surface area contributed by atoms with E-state index in [0.29, 0.717) is 18.3 Å². The lowest BCUT2D eigenvalue weighted by molar-refractivity contribution is -0.128. The Morgan fingerprint density at radius 2 is 2.15 bits per heavy atom. The van der Waals surface area contributed by atoms with Crippen LogP contribution in [0.1, 0.15) is 39.3 Å². The van der Waals surface area contributed by atoms with Crippen molar-refractivity contribution in [1.29, 1.82) is 0 Å². The Labute approximate surface area is 161 Å². The third kappa shape index (κ3) is 5.02. The highest BCUT2D eigenvalue weighted by molar-refractivity contribution is 5.81. The minimum Gasteiger partial charge on any atom is -0.356 e. The summed E-state index contributed by atoms with van der Waals surface area (Å²) >= 11 is 0. The number of hydrogen-bond acceptors (Lipinski definition) is 5. The van der Waals surface area contributed by atoms with Crippen molar-refractivity contribution in [2.24, 2.45) is 11.3 Å². The molecule has 0 saturated carbocycles. The molecule has 0 bridgehead atoms. The maximum absolute atomic E-state index is 12.2. The molecule has 0 aliphatic carbocycles. The van der Waals surface area contributed by atoms with Crippen LogP contribution in [0, 0.1) is 18.3 Å². The van der Waals surface area contributed by atoms with E-state index in [2.05, 4.69) is 20.2 Å². The summed E-state index contributed by atoms with van der Waals surface area (Å²) in [5.74, 6) is 2.20. The molecule has 1 aliphatic rings. The highest BCUT2D eigenvalue weighted by atomic mass is 16.2. The van der Waals surface area contributed by atoms with Crippen LogP contribution >= 0.6 is 0 Å². The lowest BCUT2D eigenvalue weighted by Crippen LogP contribution is -2.43. The number of hydrogen-bond donors (Lipinski definition) is 1. The molecule has 0 radical (unpaired) electrons. The van der Waals surface area contributed by atoms with Crippen molar-refractivity contribution < 1.29 is 4.79 Å². The van der Waals surface area contributed by atoms with Gasteiger partial charge < -0.3 is 10.2 Å². The third-order valence-corrected chi connectivity index (χ3v) is 4.84. The van der Waals surface area contributed by atoms with Crippen LogP contribution in [0.3, 0.4) is 0 Å². The zero-order valence-electron chi connectivity index (χ0n) is 16.7. The first-order valence-corrected chi connectivity index (χ1v) is 9.62. The number of nitrogens with zero attached hydrogens (tertiary/aromatic N) is 4. The number of aromatic nitrogens is 3. The van der Waals surface area contributed by atoms with Gasteiger partial charge in [0, 0.05) is 54.8 Å². The van der Waals surface area contributed by atoms with Crippen LogP contribution in [0.4, 0.5) is 5.82 Å². The van der Waals surface area contributed by atoms with Gasteiger partial charge in [0.05, 0.1) is 0 Å². The summed E-state index contributed by atoms with van der Waals surface area (Å²) in [5.41, 5.74) is 1.52. The molecule has 1 fully saturated rings. The first-order chi connectivity index (χ1) is 12.8. The molecular weight excluding hydrogens is 338 g/mol. The smallest absolute Gasteiger partial charge is 0.225 e. The number of carbonyl (C=O) groups is 1. The van der Waals surface area contributed by atoms with Gasteiger partial charge in [-0.3, -0.25) is 9.78 Å². The van der Waals surface area contributed by atoms with Gasteiger partial charge in [-0.2, -0.15) is 0 Å². The predicted octanol–water partition coefficient (Wildman–Crippen LogP) is 3.23. The molecule has 0 aromatic carbocycles. The SMILES string of the molecule is Cc1cc(N2CCCC(CNC(=O)C(C)(C)C)C2)nc(-c2cccnc2)n1. The standard InChI is InChI=1S/C21H29N5O/c1-15-11-18(25-19(24-15)17-8-5-9-22-13-17)26-10-6-7-16(14-26)12-23-20(27)21(2,3)4/h5,8-9,11,13,16H,6-7,10,12,14H2,1-4H3,(H,23,27). The lowest BCUT2D eigenvalue weighted by atomic mass is 9.94. The van der Waals surface area contributed by atoms with E-state index in [4.69, 9.17) is 4.98 Å². The van der Waals surface area contributed by atoms with Crippen LogP contribution < -0.4 is 10.2 Å². The molecule has 6 heteroatoms. The summed E-state index contributed by atoms with van der Waals surface area (Å²) in [7, 11) is 0. The molecule has 6 nitrogen and oxygen atoms in total. The number of carbonyl (C=O) groups excluding carboxylic acids is 1. The highest BCUT2D eigenvalue weighted by Crippen LogP contribution is 2.24. The number of nitrogens with one attached hydrogen (secondary N) is 1. The van der Waals surface area contributed by atoms with Crippen LogP contribution in [0.15, 0.2) is 30.6 Å². The quantitative estimate of drug-likeness (QED) is 0.898. The van der Waals surface area contributed by atoms with Crippen molar-refractivity contribution in [1.82, 2.24) is 20.3 Å². The maximum atomic E-state index is 12.2. The fourth-order valence-corrected chi connectivity index (χ4v) is 3.28. The molecule has 1 N–H and O–H groups in total. The first kappa shape index (κ1) is 19.3. The van der Waals surface area contributed by atoms with E-state index in [1.54, 1.807) is 12.4 Å². The largest absolute Gasteiger partial charge is 0.356 e. The normalized spacial score (nSPS) is 17.6. The average Bonchev–Trinajstić information content (AvgIpc) is 2.66. The lowest BCUT2D eigenvalue weighted by Gasteiger charge is -2.34. The van der Waals surface area contributed by atoms with E-state index < -0.39 is 0 Å². The van der Waals surface area contributed by atoms with Gasteiger partial charge in [-0.25, -0.2) is 9.97 Å². The van der Waals surface area contributed by atoms with Crippen molar-refractivity contribution in [3.05, 3.63) is 36.3 Å². The van der Waals surface area contributed by atoms with E-state index in [9.17, 15) is 4.79 Å². The van der Waals surface area contributed by atoms with Crippen LogP contribution in [-0.4, -0.2) is 40.5 Å². The number of aryl methyl sites for hydroxylation is 1. The summed E-state index contributed by atoms with van der Waals surface area (Å²) in [6.07, 6.45) is 5.77. The minimum atomic E-state index is -0.350. The van der Waals surface area contributed by atoms with Crippen molar-refractivity contribution in [2.75, 3.05) is 24.5 Å². The molecule has 2 aromatic heterocycles. The third-order valence-electron chi connectivity index (χ3n) is 4.84. The van der Waals surface area contributed by atoms with Crippen LogP contribution in [0.5, 0.6) is 0 Å². The molecular formula is C21H29N5O. The highest BCUT2D eigenvalue weighted by Gasteiger charge is 2.25. The zero-order valence-corrected chi connectivity index (χ0v) is 16.7. The zero-order chi connectivity index (χ0) is 19.4. The van der Waals surface area contributed by atoms with Crippen LogP contribution in [0.2, 0.25) is 0 Å². The second-order valence-corrected chi connectivity index (χ2v) is 8.35. The molecule has 2 aromatic rings. The second kappa shape index (κ2) is 8.03. The minimum absolute atomic E-state index is 0.108. The maximum Gasteiger partial charge on any atom is 0.225 e. The predicted molar refractivity (Wildman–Crippen MR) is 107 cm³/mol. The number of amides is 1. The van der Waals surface area contributed by atoms with E-state index in [-0.39, 0.29) is 11.3 Å². The average molecular weight is 367 g/mol. The number of rotatable bonds is 4. The second-order valence-electron chi connectivity index (χ2n) is 8.35. The van der Waals surface area contributed by atoms with Gasteiger partial charge >= 0.3 is 0 Å². The Hall–Kier alpha value is -2.50. The molecule has 3 rings (SSSR count). The molecule has 1 saturated heterocycles. The van der Waals surface area contributed by atoms with Gasteiger partial charge in [-0.05, 0) is 37.8 Å². The Bertz CT molecular complexity index is 785. The summed E-state index contributed by atoms with van der Waals surface area (Å²) in [5, 5.41) is 3.11. The Morgan fingerprint density at radius 3 is 2.85 bits per heavy atom. The monoisotopic (exact) mass is 367 g/mol. The molecule has 1 amide bonds. The number of pyridine rings is 1. The molecule has 1 atom stereocenters. The van der Waals surface area contributed by atoms with Gasteiger partial charge in [0.1, 0.15) is 5.82 Å². The van der Waals surface area contributed by atoms with Crippen LogP contribution in [-0.2, 0) is 4.79 Å². The number of piperidine rings is 1. The van der Waals surface area contributed by atoms with Gasteiger partial charge in [-0.1, -0.05) is 20.8 Å². The van der Waals surface area contributed by atoms with Crippen molar-refractivity contribution in [3.8, 4) is 11.4 Å². The Morgan fingerprint density at radius 1 is 1.33 bits per heavy atom. The topological polar surface area (TPSA) is 71.0 Å². The van der Waals surface area contributed by atoms with Gasteiger partial charge in [0.25, 0.3) is 0 Å². The van der Waals surface area contributed by atoms with Gasteiger partial charge in [-0.15, -0.1) is 0 Å². The summed E-state index contributed by atoms with van der Waals surface area (Å²) in [4.78, 5) is 28.0. The van der Waals surface area contributed by atoms with Gasteiger partial charge in [0.15, 0.2) is 5.82 Å². The van der Waals surface area contributed by atoms with Crippen LogP contribution in [0.25, 0.3) is 11.4 Å². The molecule has 0 spiro atoms. The van der Waals surface area contributed by atoms with E-state index >= 15 is 0 Å². The van der Waals surface area contributed by atoms with Crippen molar-refractivity contribution in [3.63, 3.8) is 0 Å². The van der Waals surface area contributed by atoms with Crippen molar-refractivity contribution in [2.45, 2.75) is 40.5 Å². The summed E-state index contributed by atoms with van der Waals surface area (Å²) < 4.78 is 0. The fourth-order valence-electron chi connectivity index (χ4n) is 3.28. The fraction of sp³-hybridized carbons (Fsp3) is 0.524.